The summed E-state index contributed by atoms with van der Waals surface area (Å²) < 4.78 is 0. The smallest absolute Gasteiger partial charge is 0.0946 e. The van der Waals surface area contributed by atoms with Gasteiger partial charge < -0.3 is 5.73 Å². The lowest BCUT2D eigenvalue weighted by atomic mass is 9.98. The number of nitrogens with two attached hydrogens (primary N) is 1. The third-order valence-corrected chi connectivity index (χ3v) is 5.34. The maximum atomic E-state index is 6.22. The van der Waals surface area contributed by atoms with Crippen LogP contribution in [0, 0.1) is 19.8 Å². The maximum absolute atomic E-state index is 6.22. The zero-order chi connectivity index (χ0) is 10.8. The summed E-state index contributed by atoms with van der Waals surface area (Å²) in [5.74, 6) is 3.23. The second kappa shape index (κ2) is 4.85. The molecule has 2 N–H and O–H groups in total. The lowest BCUT2D eigenvalue weighted by molar-refractivity contribution is 0.462. The van der Waals surface area contributed by atoms with E-state index in [9.17, 15) is 0 Å². The Morgan fingerprint density at radius 2 is 2.33 bits per heavy atom. The molecule has 2 atom stereocenters. The summed E-state index contributed by atoms with van der Waals surface area (Å²) in [6, 6.07) is 0.310. The first-order valence-corrected chi connectivity index (χ1v) is 7.40. The van der Waals surface area contributed by atoms with Crippen molar-refractivity contribution in [3.05, 3.63) is 15.6 Å². The van der Waals surface area contributed by atoms with Crippen LogP contribution in [0.25, 0.3) is 0 Å². The molecule has 2 heterocycles. The number of rotatable bonds is 3. The van der Waals surface area contributed by atoms with Crippen LogP contribution in [0.3, 0.4) is 0 Å². The first kappa shape index (κ1) is 11.4. The van der Waals surface area contributed by atoms with Gasteiger partial charge >= 0.3 is 0 Å². The molecule has 1 aliphatic rings. The van der Waals surface area contributed by atoms with Crippen molar-refractivity contribution < 1.29 is 0 Å². The molecule has 1 aromatic heterocycles. The first-order valence-electron chi connectivity index (χ1n) is 5.43. The van der Waals surface area contributed by atoms with Crippen molar-refractivity contribution in [3.8, 4) is 0 Å². The Hall–Kier alpha value is -0.0600. The normalized spacial score (nSPS) is 23.3. The van der Waals surface area contributed by atoms with E-state index < -0.39 is 0 Å². The second-order valence-corrected chi connectivity index (χ2v) is 6.68. The van der Waals surface area contributed by atoms with Gasteiger partial charge in [0, 0.05) is 17.3 Å². The molecule has 0 radical (unpaired) electrons. The summed E-state index contributed by atoms with van der Waals surface area (Å²) in [4.78, 5) is 5.88. The summed E-state index contributed by atoms with van der Waals surface area (Å²) in [6.07, 6.45) is 2.25. The first-order chi connectivity index (χ1) is 7.16. The fraction of sp³-hybridized carbons (Fsp3) is 0.727. The zero-order valence-electron chi connectivity index (χ0n) is 9.32. The Morgan fingerprint density at radius 1 is 1.53 bits per heavy atom. The molecule has 1 aliphatic heterocycles. The zero-order valence-corrected chi connectivity index (χ0v) is 11.0. The topological polar surface area (TPSA) is 38.9 Å². The largest absolute Gasteiger partial charge is 0.327 e. The van der Waals surface area contributed by atoms with Gasteiger partial charge in [-0.05, 0) is 37.7 Å². The minimum absolute atomic E-state index is 0.310. The van der Waals surface area contributed by atoms with Gasteiger partial charge in [0.25, 0.3) is 0 Å². The van der Waals surface area contributed by atoms with E-state index in [0.29, 0.717) is 12.0 Å². The molecule has 0 aromatic carbocycles. The van der Waals surface area contributed by atoms with Crippen LogP contribution < -0.4 is 5.73 Å². The predicted octanol–water partition coefficient (Wildman–Crippen LogP) is 2.38. The number of nitrogens with zero attached hydrogens (tertiary/aromatic N) is 1. The van der Waals surface area contributed by atoms with Crippen LogP contribution in [0.1, 0.15) is 22.0 Å². The van der Waals surface area contributed by atoms with Crippen LogP contribution in [0.15, 0.2) is 0 Å². The molecule has 1 saturated heterocycles. The van der Waals surface area contributed by atoms with Crippen LogP contribution in [0.5, 0.6) is 0 Å². The molecule has 2 nitrogen and oxygen atoms in total. The lowest BCUT2D eigenvalue weighted by Gasteiger charge is -2.16. The van der Waals surface area contributed by atoms with E-state index in [1.165, 1.54) is 33.5 Å². The molecule has 4 heteroatoms. The summed E-state index contributed by atoms with van der Waals surface area (Å²) in [5.41, 5.74) is 7.39. The number of aryl methyl sites for hydroxylation is 2. The number of aromatic nitrogens is 1. The molecule has 1 aromatic rings. The van der Waals surface area contributed by atoms with Crippen molar-refractivity contribution in [2.75, 3.05) is 11.5 Å². The van der Waals surface area contributed by atoms with E-state index in [0.717, 1.165) is 6.42 Å². The number of hydrogen-bond acceptors (Lipinski definition) is 4. The minimum atomic E-state index is 0.310. The quantitative estimate of drug-likeness (QED) is 0.884. The molecule has 1 fully saturated rings. The van der Waals surface area contributed by atoms with E-state index in [2.05, 4.69) is 18.8 Å². The van der Waals surface area contributed by atoms with E-state index in [1.54, 1.807) is 11.3 Å². The van der Waals surface area contributed by atoms with Crippen molar-refractivity contribution >= 4 is 23.1 Å². The third-order valence-electron chi connectivity index (χ3n) is 3.05. The highest BCUT2D eigenvalue weighted by Crippen LogP contribution is 2.27. The molecule has 0 saturated carbocycles. The Morgan fingerprint density at radius 3 is 2.87 bits per heavy atom. The molecule has 0 bridgehead atoms. The highest BCUT2D eigenvalue weighted by Gasteiger charge is 2.23. The molecule has 84 valence electrons. The summed E-state index contributed by atoms with van der Waals surface area (Å²) in [6.45, 7) is 4.21. The van der Waals surface area contributed by atoms with Gasteiger partial charge in [0.1, 0.15) is 0 Å². The molecule has 2 unspecified atom stereocenters. The third kappa shape index (κ3) is 2.74. The summed E-state index contributed by atoms with van der Waals surface area (Å²) >= 11 is 3.84. The molecule has 15 heavy (non-hydrogen) atoms. The van der Waals surface area contributed by atoms with Gasteiger partial charge in [-0.25, -0.2) is 4.98 Å². The Bertz CT molecular complexity index is 310. The molecular weight excluding hydrogens is 224 g/mol. The van der Waals surface area contributed by atoms with Crippen LogP contribution in [-0.4, -0.2) is 22.5 Å². The van der Waals surface area contributed by atoms with Crippen LogP contribution in [0.2, 0.25) is 0 Å². The lowest BCUT2D eigenvalue weighted by Crippen LogP contribution is -2.32. The van der Waals surface area contributed by atoms with Crippen LogP contribution in [0.4, 0.5) is 0 Å². The minimum Gasteiger partial charge on any atom is -0.327 e. The van der Waals surface area contributed by atoms with Gasteiger partial charge in [-0.1, -0.05) is 0 Å². The fourth-order valence-electron chi connectivity index (χ4n) is 1.89. The molecule has 0 aliphatic carbocycles. The predicted molar refractivity (Wildman–Crippen MR) is 68.7 cm³/mol. The summed E-state index contributed by atoms with van der Waals surface area (Å²) in [5, 5.41) is 1.22. The van der Waals surface area contributed by atoms with Crippen LogP contribution >= 0.6 is 23.1 Å². The van der Waals surface area contributed by atoms with Crippen molar-refractivity contribution in [3.63, 3.8) is 0 Å². The average Bonchev–Trinajstić information content (AvgIpc) is 2.77. The highest BCUT2D eigenvalue weighted by atomic mass is 32.2. The van der Waals surface area contributed by atoms with Gasteiger partial charge in [0.05, 0.1) is 10.7 Å². The van der Waals surface area contributed by atoms with E-state index >= 15 is 0 Å². The van der Waals surface area contributed by atoms with Gasteiger partial charge in [0.2, 0.25) is 0 Å². The number of thiazole rings is 1. The van der Waals surface area contributed by atoms with E-state index in [-0.39, 0.29) is 0 Å². The summed E-state index contributed by atoms with van der Waals surface area (Å²) in [7, 11) is 0. The molecule has 2 rings (SSSR count). The molecule has 0 amide bonds. The number of thioether (sulfide) groups is 1. The Balaban J connectivity index is 1.95. The Labute approximate surface area is 99.7 Å². The molecular formula is C11H18N2S2. The van der Waals surface area contributed by atoms with Gasteiger partial charge in [-0.2, -0.15) is 11.8 Å². The molecule has 0 spiro atoms. The van der Waals surface area contributed by atoms with Crippen molar-refractivity contribution in [1.82, 2.24) is 4.98 Å². The fourth-order valence-corrected chi connectivity index (χ4v) is 4.24. The van der Waals surface area contributed by atoms with Gasteiger partial charge in [0.15, 0.2) is 0 Å². The van der Waals surface area contributed by atoms with Gasteiger partial charge in [-0.15, -0.1) is 11.3 Å². The maximum Gasteiger partial charge on any atom is 0.0946 e. The van der Waals surface area contributed by atoms with Crippen molar-refractivity contribution in [2.24, 2.45) is 11.7 Å². The average molecular weight is 242 g/mol. The standard InChI is InChI=1S/C11H18N2S2/c1-7-8(2)15-11(13-7)5-10(12)9-3-4-14-6-9/h9-10H,3-6,12H2,1-2H3. The van der Waals surface area contributed by atoms with Crippen molar-refractivity contribution in [2.45, 2.75) is 32.7 Å². The Kier molecular flexibility index (Phi) is 3.69. The van der Waals surface area contributed by atoms with Crippen molar-refractivity contribution in [1.29, 1.82) is 0 Å². The van der Waals surface area contributed by atoms with E-state index in [4.69, 9.17) is 5.73 Å². The van der Waals surface area contributed by atoms with Crippen LogP contribution in [-0.2, 0) is 6.42 Å². The van der Waals surface area contributed by atoms with Gasteiger partial charge in [-0.3, -0.25) is 0 Å². The SMILES string of the molecule is Cc1nc(CC(N)C2CCSC2)sc1C. The van der Waals surface area contributed by atoms with E-state index in [1.807, 2.05) is 11.8 Å². The highest BCUT2D eigenvalue weighted by molar-refractivity contribution is 7.99. The monoisotopic (exact) mass is 242 g/mol. The number of hydrogen-bond donors (Lipinski definition) is 1. The second-order valence-electron chi connectivity index (χ2n) is 4.24.